The molecule has 2 aromatic rings. The molecule has 1 aliphatic rings. The highest BCUT2D eigenvalue weighted by Gasteiger charge is 2.30. The van der Waals surface area contributed by atoms with Gasteiger partial charge in [-0.15, -0.1) is 0 Å². The van der Waals surface area contributed by atoms with Gasteiger partial charge < -0.3 is 10.2 Å². The summed E-state index contributed by atoms with van der Waals surface area (Å²) < 4.78 is 23.7. The SMILES string of the molecule is Cc1ccc(S(C)(=O)=O)cc1C(=O)N1CCNCC1c1cccc(Cl)c1. The number of hydrogen-bond acceptors (Lipinski definition) is 4. The zero-order chi connectivity index (χ0) is 18.9. The molecule has 0 spiro atoms. The van der Waals surface area contributed by atoms with Crippen LogP contribution in [0.5, 0.6) is 0 Å². The Kier molecular flexibility index (Phi) is 5.37. The number of carbonyl (C=O) groups excluding carboxylic acids is 1. The summed E-state index contributed by atoms with van der Waals surface area (Å²) in [5.74, 6) is -0.167. The summed E-state index contributed by atoms with van der Waals surface area (Å²) in [4.78, 5) is 15.2. The van der Waals surface area contributed by atoms with Crippen molar-refractivity contribution in [3.05, 3.63) is 64.2 Å². The van der Waals surface area contributed by atoms with Gasteiger partial charge in [0.15, 0.2) is 9.84 Å². The fourth-order valence-electron chi connectivity index (χ4n) is 3.18. The Bertz CT molecular complexity index is 944. The molecule has 138 valence electrons. The molecule has 1 amide bonds. The Labute approximate surface area is 158 Å². The Hall–Kier alpha value is -1.89. The van der Waals surface area contributed by atoms with Crippen molar-refractivity contribution in [2.24, 2.45) is 0 Å². The van der Waals surface area contributed by atoms with E-state index in [-0.39, 0.29) is 16.8 Å². The van der Waals surface area contributed by atoms with E-state index in [4.69, 9.17) is 11.6 Å². The number of rotatable bonds is 3. The van der Waals surface area contributed by atoms with Crippen LogP contribution in [0.1, 0.15) is 27.5 Å². The van der Waals surface area contributed by atoms with Gasteiger partial charge in [-0.25, -0.2) is 8.42 Å². The highest BCUT2D eigenvalue weighted by molar-refractivity contribution is 7.90. The Morgan fingerprint density at radius 1 is 1.23 bits per heavy atom. The first-order chi connectivity index (χ1) is 12.3. The standard InChI is InChI=1S/C19H21ClN2O3S/c1-13-6-7-16(26(2,24)25)11-17(13)19(23)22-9-8-21-12-18(22)14-4-3-5-15(20)10-14/h3-7,10-11,18,21H,8-9,12H2,1-2H3. The van der Waals surface area contributed by atoms with E-state index in [0.717, 1.165) is 17.4 Å². The van der Waals surface area contributed by atoms with Crippen molar-refractivity contribution in [2.45, 2.75) is 17.9 Å². The Morgan fingerprint density at radius 2 is 2.00 bits per heavy atom. The van der Waals surface area contributed by atoms with E-state index in [9.17, 15) is 13.2 Å². The van der Waals surface area contributed by atoms with E-state index in [1.807, 2.05) is 25.1 Å². The maximum atomic E-state index is 13.2. The smallest absolute Gasteiger partial charge is 0.254 e. The van der Waals surface area contributed by atoms with Gasteiger partial charge >= 0.3 is 0 Å². The van der Waals surface area contributed by atoms with Crippen LogP contribution in [-0.4, -0.2) is 45.1 Å². The second kappa shape index (κ2) is 7.39. The van der Waals surface area contributed by atoms with Gasteiger partial charge in [0.2, 0.25) is 0 Å². The second-order valence-electron chi connectivity index (χ2n) is 6.52. The van der Waals surface area contributed by atoms with E-state index in [0.29, 0.717) is 30.2 Å². The van der Waals surface area contributed by atoms with Crippen molar-refractivity contribution in [1.29, 1.82) is 0 Å². The van der Waals surface area contributed by atoms with Crippen LogP contribution >= 0.6 is 11.6 Å². The van der Waals surface area contributed by atoms with E-state index in [2.05, 4.69) is 5.32 Å². The van der Waals surface area contributed by atoms with Crippen LogP contribution in [0.2, 0.25) is 5.02 Å². The predicted molar refractivity (Wildman–Crippen MR) is 102 cm³/mol. The topological polar surface area (TPSA) is 66.5 Å². The molecule has 1 N–H and O–H groups in total. The average molecular weight is 393 g/mol. The maximum absolute atomic E-state index is 13.2. The van der Waals surface area contributed by atoms with E-state index < -0.39 is 9.84 Å². The van der Waals surface area contributed by atoms with E-state index >= 15 is 0 Å². The van der Waals surface area contributed by atoms with Crippen LogP contribution in [-0.2, 0) is 9.84 Å². The average Bonchev–Trinajstić information content (AvgIpc) is 2.60. The molecule has 0 aromatic heterocycles. The summed E-state index contributed by atoms with van der Waals surface area (Å²) in [6.07, 6.45) is 1.14. The van der Waals surface area contributed by atoms with E-state index in [1.165, 1.54) is 12.1 Å². The molecule has 0 aliphatic carbocycles. The molecule has 26 heavy (non-hydrogen) atoms. The first-order valence-electron chi connectivity index (χ1n) is 8.35. The fourth-order valence-corrected chi connectivity index (χ4v) is 4.02. The highest BCUT2D eigenvalue weighted by atomic mass is 35.5. The molecular weight excluding hydrogens is 372 g/mol. The van der Waals surface area contributed by atoms with Gasteiger partial charge in [-0.2, -0.15) is 0 Å². The maximum Gasteiger partial charge on any atom is 0.254 e. The second-order valence-corrected chi connectivity index (χ2v) is 8.97. The first kappa shape index (κ1) is 18.9. The zero-order valence-electron chi connectivity index (χ0n) is 14.7. The summed E-state index contributed by atoms with van der Waals surface area (Å²) in [7, 11) is -3.38. The predicted octanol–water partition coefficient (Wildman–Crippen LogP) is 2.84. The number of halogens is 1. The number of benzene rings is 2. The molecule has 1 unspecified atom stereocenters. The molecule has 1 atom stereocenters. The number of nitrogens with zero attached hydrogens (tertiary/aromatic N) is 1. The molecule has 7 heteroatoms. The van der Waals surface area contributed by atoms with Gasteiger partial charge in [-0.05, 0) is 42.3 Å². The summed E-state index contributed by atoms with van der Waals surface area (Å²) >= 11 is 6.11. The molecular formula is C19H21ClN2O3S. The number of nitrogens with one attached hydrogen (secondary N) is 1. The number of aryl methyl sites for hydroxylation is 1. The van der Waals surface area contributed by atoms with Crippen molar-refractivity contribution >= 4 is 27.3 Å². The molecule has 1 aliphatic heterocycles. The monoisotopic (exact) mass is 392 g/mol. The molecule has 0 radical (unpaired) electrons. The zero-order valence-corrected chi connectivity index (χ0v) is 16.3. The number of hydrogen-bond donors (Lipinski definition) is 1. The van der Waals surface area contributed by atoms with Gasteiger partial charge in [0.05, 0.1) is 10.9 Å². The molecule has 1 saturated heterocycles. The van der Waals surface area contributed by atoms with Crippen LogP contribution in [0, 0.1) is 6.92 Å². The van der Waals surface area contributed by atoms with Crippen LogP contribution in [0.4, 0.5) is 0 Å². The fraction of sp³-hybridized carbons (Fsp3) is 0.316. The number of amides is 1. The van der Waals surface area contributed by atoms with Crippen molar-refractivity contribution in [2.75, 3.05) is 25.9 Å². The van der Waals surface area contributed by atoms with Crippen molar-refractivity contribution in [3.63, 3.8) is 0 Å². The molecule has 0 bridgehead atoms. The van der Waals surface area contributed by atoms with E-state index in [1.54, 1.807) is 17.0 Å². The third-order valence-corrected chi connectivity index (χ3v) is 5.95. The minimum atomic E-state index is -3.38. The van der Waals surface area contributed by atoms with Crippen LogP contribution in [0.15, 0.2) is 47.4 Å². The summed E-state index contributed by atoms with van der Waals surface area (Å²) in [5, 5.41) is 3.93. The normalized spacial score (nSPS) is 18.0. The van der Waals surface area contributed by atoms with Crippen LogP contribution in [0.25, 0.3) is 0 Å². The number of sulfone groups is 1. The summed E-state index contributed by atoms with van der Waals surface area (Å²) in [6.45, 7) is 3.67. The Morgan fingerprint density at radius 3 is 2.69 bits per heavy atom. The van der Waals surface area contributed by atoms with Crippen molar-refractivity contribution in [1.82, 2.24) is 10.2 Å². The van der Waals surface area contributed by atoms with Gasteiger partial charge in [-0.3, -0.25) is 4.79 Å². The lowest BCUT2D eigenvalue weighted by atomic mass is 10.0. The highest BCUT2D eigenvalue weighted by Crippen LogP contribution is 2.27. The molecule has 1 fully saturated rings. The summed E-state index contributed by atoms with van der Waals surface area (Å²) in [6, 6.07) is 12.0. The third kappa shape index (κ3) is 3.92. The van der Waals surface area contributed by atoms with Gasteiger partial charge in [0.25, 0.3) is 5.91 Å². The minimum Gasteiger partial charge on any atom is -0.329 e. The minimum absolute atomic E-state index is 0.154. The molecule has 3 rings (SSSR count). The van der Waals surface area contributed by atoms with Crippen LogP contribution in [0.3, 0.4) is 0 Å². The summed E-state index contributed by atoms with van der Waals surface area (Å²) in [5.41, 5.74) is 2.13. The number of carbonyl (C=O) groups is 1. The first-order valence-corrected chi connectivity index (χ1v) is 10.6. The Balaban J connectivity index is 1.99. The van der Waals surface area contributed by atoms with Gasteiger partial charge in [-0.1, -0.05) is 29.8 Å². The molecule has 0 saturated carbocycles. The quantitative estimate of drug-likeness (QED) is 0.872. The van der Waals surface area contributed by atoms with Crippen LogP contribution < -0.4 is 5.32 Å². The van der Waals surface area contributed by atoms with Crippen molar-refractivity contribution in [3.8, 4) is 0 Å². The lowest BCUT2D eigenvalue weighted by molar-refractivity contribution is 0.0633. The van der Waals surface area contributed by atoms with Gasteiger partial charge in [0, 0.05) is 36.5 Å². The lowest BCUT2D eigenvalue weighted by Gasteiger charge is -2.37. The van der Waals surface area contributed by atoms with Gasteiger partial charge in [0.1, 0.15) is 0 Å². The molecule has 1 heterocycles. The third-order valence-electron chi connectivity index (χ3n) is 4.61. The largest absolute Gasteiger partial charge is 0.329 e. The molecule has 2 aromatic carbocycles. The lowest BCUT2D eigenvalue weighted by Crippen LogP contribution is -2.48. The van der Waals surface area contributed by atoms with Crippen molar-refractivity contribution < 1.29 is 13.2 Å². The molecule has 5 nitrogen and oxygen atoms in total. The number of piperazine rings is 1.